The highest BCUT2D eigenvalue weighted by molar-refractivity contribution is 5.42. The van der Waals surface area contributed by atoms with E-state index in [1.807, 2.05) is 24.3 Å². The van der Waals surface area contributed by atoms with Crippen molar-refractivity contribution in [1.82, 2.24) is 10.2 Å². The van der Waals surface area contributed by atoms with Crippen LogP contribution >= 0.6 is 0 Å². The Morgan fingerprint density at radius 1 is 1.16 bits per heavy atom. The van der Waals surface area contributed by atoms with E-state index in [4.69, 9.17) is 15.2 Å². The van der Waals surface area contributed by atoms with Crippen LogP contribution < -0.4 is 15.2 Å². The first-order valence-corrected chi connectivity index (χ1v) is 6.25. The zero-order chi connectivity index (χ0) is 13.5. The molecule has 2 N–H and O–H groups in total. The summed E-state index contributed by atoms with van der Waals surface area (Å²) in [7, 11) is 0. The van der Waals surface area contributed by atoms with Crippen LogP contribution in [0.4, 0.5) is 0 Å². The van der Waals surface area contributed by atoms with Gasteiger partial charge in [0.05, 0.1) is 12.8 Å². The molecule has 0 aliphatic rings. The first kappa shape index (κ1) is 13.3. The molecule has 0 aliphatic heterocycles. The minimum atomic E-state index is 0.350. The van der Waals surface area contributed by atoms with Crippen LogP contribution in [0.2, 0.25) is 0 Å². The molecule has 0 radical (unpaired) electrons. The zero-order valence-corrected chi connectivity index (χ0v) is 10.9. The average Bonchev–Trinajstić information content (AvgIpc) is 2.47. The van der Waals surface area contributed by atoms with E-state index in [1.165, 1.54) is 0 Å². The smallest absolute Gasteiger partial charge is 0.243 e. The molecule has 0 amide bonds. The van der Waals surface area contributed by atoms with Gasteiger partial charge < -0.3 is 15.2 Å². The maximum absolute atomic E-state index is 5.75. The molecule has 0 fully saturated rings. The largest absolute Gasteiger partial charge is 0.490 e. The Kier molecular flexibility index (Phi) is 4.69. The van der Waals surface area contributed by atoms with Gasteiger partial charge in [-0.05, 0) is 24.6 Å². The molecule has 5 heteroatoms. The lowest BCUT2D eigenvalue weighted by molar-refractivity contribution is 0.300. The second-order valence-corrected chi connectivity index (χ2v) is 3.96. The number of aromatic nitrogens is 2. The number of nitrogens with zero attached hydrogens (tertiary/aromatic N) is 2. The molecule has 0 bridgehead atoms. The molecular weight excluding hydrogens is 242 g/mol. The van der Waals surface area contributed by atoms with Crippen molar-refractivity contribution in [1.29, 1.82) is 0 Å². The second kappa shape index (κ2) is 6.70. The predicted molar refractivity (Wildman–Crippen MR) is 72.2 cm³/mol. The fraction of sp³-hybridized carbons (Fsp3) is 0.286. The van der Waals surface area contributed by atoms with Crippen LogP contribution in [-0.4, -0.2) is 16.8 Å². The van der Waals surface area contributed by atoms with Gasteiger partial charge in [0.1, 0.15) is 0 Å². The van der Waals surface area contributed by atoms with Crippen molar-refractivity contribution in [3.8, 4) is 17.4 Å². The molecule has 1 aromatic heterocycles. The lowest BCUT2D eigenvalue weighted by Gasteiger charge is -2.12. The fourth-order valence-electron chi connectivity index (χ4n) is 1.56. The summed E-state index contributed by atoms with van der Waals surface area (Å²) in [5.74, 6) is 1.72. The summed E-state index contributed by atoms with van der Waals surface area (Å²) in [5, 5.41) is 7.77. The zero-order valence-electron chi connectivity index (χ0n) is 10.9. The number of ether oxygens (including phenoxy) is 2. The third kappa shape index (κ3) is 3.42. The summed E-state index contributed by atoms with van der Waals surface area (Å²) in [6.45, 7) is 3.05. The third-order valence-corrected chi connectivity index (χ3v) is 2.50. The van der Waals surface area contributed by atoms with Crippen molar-refractivity contribution in [3.63, 3.8) is 0 Å². The van der Waals surface area contributed by atoms with Gasteiger partial charge in [0.15, 0.2) is 11.5 Å². The number of rotatable bonds is 6. The lowest BCUT2D eigenvalue weighted by Crippen LogP contribution is -2.03. The Hall–Kier alpha value is -2.14. The number of para-hydroxylation sites is 2. The molecule has 0 aliphatic carbocycles. The van der Waals surface area contributed by atoms with Crippen LogP contribution in [0.1, 0.15) is 18.9 Å². The van der Waals surface area contributed by atoms with Gasteiger partial charge in [0.2, 0.25) is 5.88 Å². The highest BCUT2D eigenvalue weighted by Gasteiger charge is 2.09. The van der Waals surface area contributed by atoms with E-state index in [-0.39, 0.29) is 0 Å². The Morgan fingerprint density at radius 2 is 1.95 bits per heavy atom. The van der Waals surface area contributed by atoms with Gasteiger partial charge in [0, 0.05) is 12.1 Å². The molecule has 0 saturated carbocycles. The molecule has 0 unspecified atom stereocenters. The number of hydrogen-bond acceptors (Lipinski definition) is 5. The van der Waals surface area contributed by atoms with Crippen molar-refractivity contribution in [2.24, 2.45) is 5.73 Å². The van der Waals surface area contributed by atoms with E-state index in [0.717, 1.165) is 12.0 Å². The van der Waals surface area contributed by atoms with Gasteiger partial charge in [0.25, 0.3) is 0 Å². The molecule has 1 aromatic carbocycles. The summed E-state index contributed by atoms with van der Waals surface area (Å²) >= 11 is 0. The third-order valence-electron chi connectivity index (χ3n) is 2.50. The number of hydrogen-bond donors (Lipinski definition) is 1. The van der Waals surface area contributed by atoms with Crippen LogP contribution in [0.3, 0.4) is 0 Å². The van der Waals surface area contributed by atoms with Crippen molar-refractivity contribution in [2.45, 2.75) is 19.9 Å². The van der Waals surface area contributed by atoms with Gasteiger partial charge in [-0.1, -0.05) is 19.1 Å². The second-order valence-electron chi connectivity index (χ2n) is 3.96. The molecule has 0 spiro atoms. The molecule has 0 saturated heterocycles. The van der Waals surface area contributed by atoms with Crippen LogP contribution in [-0.2, 0) is 6.54 Å². The topological polar surface area (TPSA) is 70.3 Å². The fourth-order valence-corrected chi connectivity index (χ4v) is 1.56. The predicted octanol–water partition coefficient (Wildman–Crippen LogP) is 2.52. The standard InChI is InChI=1S/C14H17N3O2/c1-2-9-18-12-5-3-4-6-13(12)19-14-11(10-15)7-8-16-17-14/h3-8H,2,9-10,15H2,1H3. The van der Waals surface area contributed by atoms with E-state index in [0.29, 0.717) is 30.5 Å². The van der Waals surface area contributed by atoms with Crippen LogP contribution in [0.25, 0.3) is 0 Å². The first-order chi connectivity index (χ1) is 9.35. The Labute approximate surface area is 112 Å². The van der Waals surface area contributed by atoms with Crippen molar-refractivity contribution in [2.75, 3.05) is 6.61 Å². The maximum Gasteiger partial charge on any atom is 0.243 e. The summed E-state index contributed by atoms with van der Waals surface area (Å²) in [4.78, 5) is 0. The summed E-state index contributed by atoms with van der Waals surface area (Å²) < 4.78 is 11.4. The number of benzene rings is 1. The van der Waals surface area contributed by atoms with E-state index in [1.54, 1.807) is 12.3 Å². The van der Waals surface area contributed by atoms with Crippen LogP contribution in [0, 0.1) is 0 Å². The Morgan fingerprint density at radius 3 is 2.68 bits per heavy atom. The minimum Gasteiger partial charge on any atom is -0.490 e. The highest BCUT2D eigenvalue weighted by atomic mass is 16.5. The van der Waals surface area contributed by atoms with Crippen LogP contribution in [0.5, 0.6) is 17.4 Å². The first-order valence-electron chi connectivity index (χ1n) is 6.25. The maximum atomic E-state index is 5.75. The monoisotopic (exact) mass is 259 g/mol. The van der Waals surface area contributed by atoms with Crippen molar-refractivity contribution >= 4 is 0 Å². The molecule has 0 atom stereocenters. The van der Waals surface area contributed by atoms with E-state index in [2.05, 4.69) is 17.1 Å². The minimum absolute atomic E-state index is 0.350. The number of nitrogens with two attached hydrogens (primary N) is 1. The molecule has 19 heavy (non-hydrogen) atoms. The highest BCUT2D eigenvalue weighted by Crippen LogP contribution is 2.31. The van der Waals surface area contributed by atoms with Crippen molar-refractivity contribution in [3.05, 3.63) is 42.1 Å². The van der Waals surface area contributed by atoms with Crippen LogP contribution in [0.15, 0.2) is 36.5 Å². The quantitative estimate of drug-likeness (QED) is 0.863. The SMILES string of the molecule is CCCOc1ccccc1Oc1nnccc1CN. The van der Waals surface area contributed by atoms with Gasteiger partial charge in [-0.3, -0.25) is 0 Å². The normalized spacial score (nSPS) is 10.2. The average molecular weight is 259 g/mol. The Bertz CT molecular complexity index is 532. The molecule has 5 nitrogen and oxygen atoms in total. The summed E-state index contributed by atoms with van der Waals surface area (Å²) in [6, 6.07) is 9.27. The molecule has 1 heterocycles. The van der Waals surface area contributed by atoms with Gasteiger partial charge in [-0.25, -0.2) is 0 Å². The van der Waals surface area contributed by atoms with Crippen molar-refractivity contribution < 1.29 is 9.47 Å². The van der Waals surface area contributed by atoms with Gasteiger partial charge >= 0.3 is 0 Å². The van der Waals surface area contributed by atoms with Gasteiger partial charge in [-0.2, -0.15) is 5.10 Å². The lowest BCUT2D eigenvalue weighted by atomic mass is 10.3. The van der Waals surface area contributed by atoms with Gasteiger partial charge in [-0.15, -0.1) is 5.10 Å². The Balaban J connectivity index is 2.22. The van der Waals surface area contributed by atoms with E-state index >= 15 is 0 Å². The molecule has 100 valence electrons. The summed E-state index contributed by atoms with van der Waals surface area (Å²) in [5.41, 5.74) is 6.45. The molecule has 2 aromatic rings. The summed E-state index contributed by atoms with van der Waals surface area (Å²) in [6.07, 6.45) is 2.53. The van der Waals surface area contributed by atoms with E-state index in [9.17, 15) is 0 Å². The molecule has 2 rings (SSSR count). The van der Waals surface area contributed by atoms with E-state index < -0.39 is 0 Å². The molecular formula is C14H17N3O2.